The molecule has 0 spiro atoms. The molecule has 1 aliphatic rings. The minimum atomic E-state index is -0.377. The lowest BCUT2D eigenvalue weighted by atomic mass is 9.96. The minimum Gasteiger partial charge on any atom is -0.408 e. The summed E-state index contributed by atoms with van der Waals surface area (Å²) in [6.45, 7) is 4.80. The predicted molar refractivity (Wildman–Crippen MR) is 103 cm³/mol. The SMILES string of the molecule is Cc1ccc(OC(=O)N2CCC(c3noc(-c4ccc(F)cc4)n3)CC2)c(C)n1. The van der Waals surface area contributed by atoms with Crippen LogP contribution >= 0.6 is 0 Å². The Morgan fingerprint density at radius 1 is 1.10 bits per heavy atom. The molecule has 0 N–H and O–H groups in total. The van der Waals surface area contributed by atoms with E-state index in [1.807, 2.05) is 19.9 Å². The summed E-state index contributed by atoms with van der Waals surface area (Å²) in [7, 11) is 0. The van der Waals surface area contributed by atoms with Crippen molar-refractivity contribution in [1.82, 2.24) is 20.0 Å². The number of hydrogen-bond donors (Lipinski definition) is 0. The van der Waals surface area contributed by atoms with Gasteiger partial charge in [-0.3, -0.25) is 4.98 Å². The zero-order valence-electron chi connectivity index (χ0n) is 16.3. The summed E-state index contributed by atoms with van der Waals surface area (Å²) in [4.78, 5) is 22.9. The van der Waals surface area contributed by atoms with E-state index in [0.717, 1.165) is 5.69 Å². The third-order valence-corrected chi connectivity index (χ3v) is 5.03. The number of benzene rings is 1. The number of aryl methyl sites for hydroxylation is 2. The predicted octanol–water partition coefficient (Wildman–Crippen LogP) is 4.27. The zero-order valence-corrected chi connectivity index (χ0v) is 16.3. The molecule has 29 heavy (non-hydrogen) atoms. The molecule has 3 heterocycles. The molecule has 0 bridgehead atoms. The molecule has 1 saturated heterocycles. The van der Waals surface area contributed by atoms with Crippen molar-refractivity contribution >= 4 is 6.09 Å². The van der Waals surface area contributed by atoms with Crippen molar-refractivity contribution < 1.29 is 18.4 Å². The zero-order chi connectivity index (χ0) is 20.4. The van der Waals surface area contributed by atoms with Gasteiger partial charge in [-0.1, -0.05) is 5.16 Å². The highest BCUT2D eigenvalue weighted by atomic mass is 19.1. The van der Waals surface area contributed by atoms with Crippen LogP contribution in [0.5, 0.6) is 5.75 Å². The number of aromatic nitrogens is 3. The van der Waals surface area contributed by atoms with E-state index in [9.17, 15) is 9.18 Å². The van der Waals surface area contributed by atoms with Gasteiger partial charge in [0.1, 0.15) is 5.82 Å². The number of rotatable bonds is 3. The molecule has 1 aliphatic heterocycles. The van der Waals surface area contributed by atoms with Crippen LogP contribution in [-0.4, -0.2) is 39.2 Å². The van der Waals surface area contributed by atoms with E-state index in [1.54, 1.807) is 23.1 Å². The maximum atomic E-state index is 13.1. The lowest BCUT2D eigenvalue weighted by Gasteiger charge is -2.29. The monoisotopic (exact) mass is 396 g/mol. The summed E-state index contributed by atoms with van der Waals surface area (Å²) in [5.74, 6) is 1.23. The first kappa shape index (κ1) is 19.0. The molecule has 0 unspecified atom stereocenters. The number of amides is 1. The first-order valence-electron chi connectivity index (χ1n) is 9.50. The van der Waals surface area contributed by atoms with Crippen molar-refractivity contribution in [2.45, 2.75) is 32.6 Å². The normalized spacial score (nSPS) is 14.8. The molecular formula is C21H21FN4O3. The van der Waals surface area contributed by atoms with E-state index in [0.29, 0.717) is 54.7 Å². The molecule has 0 aliphatic carbocycles. The molecule has 4 rings (SSSR count). The van der Waals surface area contributed by atoms with Gasteiger partial charge in [0.2, 0.25) is 0 Å². The van der Waals surface area contributed by atoms with E-state index < -0.39 is 0 Å². The van der Waals surface area contributed by atoms with E-state index >= 15 is 0 Å². The van der Waals surface area contributed by atoms with Crippen molar-refractivity contribution in [2.24, 2.45) is 0 Å². The largest absolute Gasteiger partial charge is 0.415 e. The van der Waals surface area contributed by atoms with Gasteiger partial charge >= 0.3 is 6.09 Å². The van der Waals surface area contributed by atoms with Crippen LogP contribution in [0.25, 0.3) is 11.5 Å². The van der Waals surface area contributed by atoms with Gasteiger partial charge in [-0.15, -0.1) is 0 Å². The highest BCUT2D eigenvalue weighted by molar-refractivity contribution is 5.71. The van der Waals surface area contributed by atoms with Crippen LogP contribution in [0, 0.1) is 19.7 Å². The van der Waals surface area contributed by atoms with Gasteiger partial charge in [0.05, 0.1) is 5.69 Å². The van der Waals surface area contributed by atoms with Crippen molar-refractivity contribution in [3.8, 4) is 17.2 Å². The molecule has 0 saturated carbocycles. The molecule has 1 fully saturated rings. The van der Waals surface area contributed by atoms with Gasteiger partial charge in [-0.05, 0) is 63.1 Å². The molecule has 7 nitrogen and oxygen atoms in total. The number of halogens is 1. The van der Waals surface area contributed by atoms with E-state index in [4.69, 9.17) is 9.26 Å². The summed E-state index contributed by atoms with van der Waals surface area (Å²) >= 11 is 0. The molecule has 0 atom stereocenters. The van der Waals surface area contributed by atoms with Gasteiger partial charge in [-0.25, -0.2) is 9.18 Å². The summed E-state index contributed by atoms with van der Waals surface area (Å²) in [6.07, 6.45) is 1.04. The standard InChI is InChI=1S/C21H21FN4O3/c1-13-3-8-18(14(2)23-13)28-21(27)26-11-9-15(10-12-26)19-24-20(29-25-19)16-4-6-17(22)7-5-16/h3-8,15H,9-12H2,1-2H3. The average Bonchev–Trinajstić information content (AvgIpc) is 3.21. The second kappa shape index (κ2) is 7.98. The van der Waals surface area contributed by atoms with Crippen LogP contribution in [0.2, 0.25) is 0 Å². The van der Waals surface area contributed by atoms with Crippen LogP contribution in [0.1, 0.15) is 36.0 Å². The lowest BCUT2D eigenvalue weighted by Crippen LogP contribution is -2.39. The number of carbonyl (C=O) groups excluding carboxylic acids is 1. The summed E-state index contributed by atoms with van der Waals surface area (Å²) in [6, 6.07) is 9.50. The summed E-state index contributed by atoms with van der Waals surface area (Å²) < 4.78 is 23.9. The third kappa shape index (κ3) is 4.26. The van der Waals surface area contributed by atoms with Crippen molar-refractivity contribution in [3.63, 3.8) is 0 Å². The highest BCUT2D eigenvalue weighted by Gasteiger charge is 2.28. The fraction of sp³-hybridized carbons (Fsp3) is 0.333. The smallest absolute Gasteiger partial charge is 0.408 e. The number of carbonyl (C=O) groups is 1. The van der Waals surface area contributed by atoms with Gasteiger partial charge in [0.25, 0.3) is 5.89 Å². The topological polar surface area (TPSA) is 81.4 Å². The number of pyridine rings is 1. The second-order valence-corrected chi connectivity index (χ2v) is 7.13. The van der Waals surface area contributed by atoms with Crippen LogP contribution in [0.15, 0.2) is 40.9 Å². The fourth-order valence-electron chi connectivity index (χ4n) is 3.37. The van der Waals surface area contributed by atoms with Crippen LogP contribution in [-0.2, 0) is 0 Å². The van der Waals surface area contributed by atoms with Crippen LogP contribution in [0.4, 0.5) is 9.18 Å². The minimum absolute atomic E-state index is 0.0970. The Morgan fingerprint density at radius 2 is 1.83 bits per heavy atom. The first-order valence-corrected chi connectivity index (χ1v) is 9.50. The molecular weight excluding hydrogens is 375 g/mol. The molecule has 1 amide bonds. The Morgan fingerprint density at radius 3 is 2.52 bits per heavy atom. The Balaban J connectivity index is 1.35. The van der Waals surface area contributed by atoms with Gasteiger partial charge < -0.3 is 14.2 Å². The molecule has 1 aromatic carbocycles. The Kier molecular flexibility index (Phi) is 5.24. The summed E-state index contributed by atoms with van der Waals surface area (Å²) in [5.41, 5.74) is 2.24. The van der Waals surface area contributed by atoms with Gasteiger partial charge in [0, 0.05) is 30.3 Å². The van der Waals surface area contributed by atoms with Gasteiger partial charge in [-0.2, -0.15) is 4.98 Å². The van der Waals surface area contributed by atoms with E-state index in [1.165, 1.54) is 12.1 Å². The number of hydrogen-bond acceptors (Lipinski definition) is 6. The Hall–Kier alpha value is -3.29. The van der Waals surface area contributed by atoms with Crippen LogP contribution < -0.4 is 4.74 Å². The quantitative estimate of drug-likeness (QED) is 0.658. The molecule has 0 radical (unpaired) electrons. The van der Waals surface area contributed by atoms with Crippen molar-refractivity contribution in [3.05, 3.63) is 59.4 Å². The fourth-order valence-corrected chi connectivity index (χ4v) is 3.37. The molecule has 8 heteroatoms. The molecule has 150 valence electrons. The second-order valence-electron chi connectivity index (χ2n) is 7.13. The van der Waals surface area contributed by atoms with Crippen LogP contribution in [0.3, 0.4) is 0 Å². The van der Waals surface area contributed by atoms with Crippen molar-refractivity contribution in [2.75, 3.05) is 13.1 Å². The third-order valence-electron chi connectivity index (χ3n) is 5.03. The Labute approximate surface area is 167 Å². The highest BCUT2D eigenvalue weighted by Crippen LogP contribution is 2.28. The summed E-state index contributed by atoms with van der Waals surface area (Å²) in [5, 5.41) is 4.07. The maximum absolute atomic E-state index is 13.1. The average molecular weight is 396 g/mol. The number of piperidine rings is 1. The van der Waals surface area contributed by atoms with E-state index in [2.05, 4.69) is 15.1 Å². The lowest BCUT2D eigenvalue weighted by molar-refractivity contribution is 0.137. The Bertz CT molecular complexity index is 1010. The number of likely N-dealkylation sites (tertiary alicyclic amines) is 1. The molecule has 3 aromatic rings. The number of nitrogens with zero attached hydrogens (tertiary/aromatic N) is 4. The maximum Gasteiger partial charge on any atom is 0.415 e. The first-order chi connectivity index (χ1) is 14.0. The number of ether oxygens (including phenoxy) is 1. The molecule has 2 aromatic heterocycles. The van der Waals surface area contributed by atoms with Gasteiger partial charge in [0.15, 0.2) is 11.6 Å². The van der Waals surface area contributed by atoms with E-state index in [-0.39, 0.29) is 17.8 Å². The van der Waals surface area contributed by atoms with Crippen molar-refractivity contribution in [1.29, 1.82) is 0 Å².